The first-order valence-corrected chi connectivity index (χ1v) is 12.0. The second-order valence-electron chi connectivity index (χ2n) is 8.15. The highest BCUT2D eigenvalue weighted by Crippen LogP contribution is 2.28. The number of hydrogen-bond donors (Lipinski definition) is 1. The molecule has 1 amide bonds. The van der Waals surface area contributed by atoms with Crippen molar-refractivity contribution in [2.75, 3.05) is 0 Å². The Labute approximate surface area is 199 Å². The Kier molecular flexibility index (Phi) is 8.53. The van der Waals surface area contributed by atoms with E-state index in [2.05, 4.69) is 67.1 Å². The number of amides is 1. The molecule has 168 valence electrons. The van der Waals surface area contributed by atoms with Crippen LogP contribution in [-0.4, -0.2) is 20.7 Å². The van der Waals surface area contributed by atoms with E-state index in [-0.39, 0.29) is 11.9 Å². The first kappa shape index (κ1) is 24.1. The monoisotopic (exact) mass is 468 g/mol. The molecule has 7 heteroatoms. The van der Waals surface area contributed by atoms with Gasteiger partial charge < -0.3 is 9.88 Å². The Morgan fingerprint density at radius 2 is 1.91 bits per heavy atom. The molecule has 3 aromatic rings. The summed E-state index contributed by atoms with van der Waals surface area (Å²) in [6.45, 7) is 10.8. The van der Waals surface area contributed by atoms with Crippen LogP contribution in [0.2, 0.25) is 5.02 Å². The fourth-order valence-electron chi connectivity index (χ4n) is 3.38. The second-order valence-corrected chi connectivity index (χ2v) is 9.50. The van der Waals surface area contributed by atoms with Gasteiger partial charge in [0.2, 0.25) is 0 Å². The molecule has 0 fully saturated rings. The SMILES string of the molecule is C=CCn1c(SCc2ccc(C)cc2)nnc1[C@@H](CC(C)C)NC(=O)c1ccccc1Cl. The molecule has 32 heavy (non-hydrogen) atoms. The number of allylic oxidation sites excluding steroid dienone is 1. The molecule has 0 saturated carbocycles. The van der Waals surface area contributed by atoms with Crippen molar-refractivity contribution in [2.24, 2.45) is 5.92 Å². The predicted octanol–water partition coefficient (Wildman–Crippen LogP) is 6.24. The zero-order valence-electron chi connectivity index (χ0n) is 18.7. The van der Waals surface area contributed by atoms with Crippen molar-refractivity contribution in [1.82, 2.24) is 20.1 Å². The molecule has 0 unspecified atom stereocenters. The molecule has 1 heterocycles. The smallest absolute Gasteiger partial charge is 0.253 e. The highest BCUT2D eigenvalue weighted by atomic mass is 35.5. The normalized spacial score (nSPS) is 12.0. The molecule has 0 radical (unpaired) electrons. The van der Waals surface area contributed by atoms with Gasteiger partial charge in [-0.25, -0.2) is 0 Å². The van der Waals surface area contributed by atoms with E-state index in [1.165, 1.54) is 11.1 Å². The van der Waals surface area contributed by atoms with E-state index in [1.54, 1.807) is 30.0 Å². The van der Waals surface area contributed by atoms with Crippen LogP contribution in [0.15, 0.2) is 66.3 Å². The third-order valence-corrected chi connectivity index (χ3v) is 6.36. The number of thioether (sulfide) groups is 1. The molecule has 1 atom stereocenters. The zero-order chi connectivity index (χ0) is 23.1. The lowest BCUT2D eigenvalue weighted by Crippen LogP contribution is -2.31. The van der Waals surface area contributed by atoms with Gasteiger partial charge in [-0.2, -0.15) is 0 Å². The number of nitrogens with zero attached hydrogens (tertiary/aromatic N) is 3. The molecule has 1 aromatic heterocycles. The summed E-state index contributed by atoms with van der Waals surface area (Å²) in [5.41, 5.74) is 2.91. The molecule has 0 aliphatic carbocycles. The molecule has 0 saturated heterocycles. The number of benzene rings is 2. The van der Waals surface area contributed by atoms with Crippen molar-refractivity contribution < 1.29 is 4.79 Å². The molecule has 0 aliphatic heterocycles. The quantitative estimate of drug-likeness (QED) is 0.283. The van der Waals surface area contributed by atoms with Crippen LogP contribution in [0.4, 0.5) is 0 Å². The summed E-state index contributed by atoms with van der Waals surface area (Å²) < 4.78 is 2.03. The van der Waals surface area contributed by atoms with E-state index in [0.717, 1.165) is 23.2 Å². The van der Waals surface area contributed by atoms with E-state index in [4.69, 9.17) is 11.6 Å². The summed E-state index contributed by atoms with van der Waals surface area (Å²) in [7, 11) is 0. The summed E-state index contributed by atoms with van der Waals surface area (Å²) in [6.07, 6.45) is 2.55. The molecule has 0 bridgehead atoms. The van der Waals surface area contributed by atoms with Gasteiger partial charge in [-0.1, -0.05) is 85.2 Å². The van der Waals surface area contributed by atoms with Crippen molar-refractivity contribution in [3.63, 3.8) is 0 Å². The maximum atomic E-state index is 13.0. The van der Waals surface area contributed by atoms with Gasteiger partial charge in [0.25, 0.3) is 5.91 Å². The Morgan fingerprint density at radius 1 is 1.19 bits per heavy atom. The number of hydrogen-bond acceptors (Lipinski definition) is 4. The predicted molar refractivity (Wildman–Crippen MR) is 132 cm³/mol. The van der Waals surface area contributed by atoms with E-state index in [9.17, 15) is 4.79 Å². The zero-order valence-corrected chi connectivity index (χ0v) is 20.3. The number of rotatable bonds is 10. The average Bonchev–Trinajstić information content (AvgIpc) is 3.15. The molecular formula is C25H29ClN4OS. The summed E-state index contributed by atoms with van der Waals surface area (Å²) in [5, 5.41) is 13.3. The van der Waals surface area contributed by atoms with Gasteiger partial charge in [0.15, 0.2) is 11.0 Å². The maximum Gasteiger partial charge on any atom is 0.253 e. The minimum atomic E-state index is -0.292. The van der Waals surface area contributed by atoms with Gasteiger partial charge in [0.05, 0.1) is 16.6 Å². The second kappa shape index (κ2) is 11.3. The molecular weight excluding hydrogens is 440 g/mol. The summed E-state index contributed by atoms with van der Waals surface area (Å²) in [4.78, 5) is 13.0. The van der Waals surface area contributed by atoms with Crippen molar-refractivity contribution in [3.8, 4) is 0 Å². The number of carbonyl (C=O) groups excluding carboxylic acids is 1. The van der Waals surface area contributed by atoms with Gasteiger partial charge in [-0.05, 0) is 37.0 Å². The van der Waals surface area contributed by atoms with Gasteiger partial charge in [-0.3, -0.25) is 4.79 Å². The van der Waals surface area contributed by atoms with Crippen molar-refractivity contribution in [1.29, 1.82) is 0 Å². The van der Waals surface area contributed by atoms with E-state index in [1.807, 2.05) is 16.7 Å². The van der Waals surface area contributed by atoms with Crippen LogP contribution in [0.25, 0.3) is 0 Å². The molecule has 1 N–H and O–H groups in total. The van der Waals surface area contributed by atoms with Crippen LogP contribution < -0.4 is 5.32 Å². The van der Waals surface area contributed by atoms with Gasteiger partial charge in [-0.15, -0.1) is 16.8 Å². The number of halogens is 1. The highest BCUT2D eigenvalue weighted by molar-refractivity contribution is 7.98. The van der Waals surface area contributed by atoms with Crippen molar-refractivity contribution in [2.45, 2.75) is 50.7 Å². The lowest BCUT2D eigenvalue weighted by Gasteiger charge is -2.21. The molecule has 0 aliphatic rings. The standard InChI is InChI=1S/C25H29ClN4OS/c1-5-14-30-23(28-29-25(30)32-16-19-12-10-18(4)11-13-19)22(15-17(2)3)27-24(31)20-8-6-7-9-21(20)26/h5-13,17,22H,1,14-16H2,2-4H3,(H,27,31)/t22-/m1/s1. The maximum absolute atomic E-state index is 13.0. The van der Waals surface area contributed by atoms with Crippen LogP contribution in [0.1, 0.15) is 53.6 Å². The van der Waals surface area contributed by atoms with Crippen LogP contribution in [-0.2, 0) is 12.3 Å². The lowest BCUT2D eigenvalue weighted by atomic mass is 10.0. The largest absolute Gasteiger partial charge is 0.342 e. The highest BCUT2D eigenvalue weighted by Gasteiger charge is 2.25. The van der Waals surface area contributed by atoms with E-state index in [0.29, 0.717) is 23.0 Å². The average molecular weight is 469 g/mol. The van der Waals surface area contributed by atoms with Crippen LogP contribution in [0.3, 0.4) is 0 Å². The topological polar surface area (TPSA) is 59.8 Å². The van der Waals surface area contributed by atoms with Crippen molar-refractivity contribution in [3.05, 3.63) is 88.7 Å². The van der Waals surface area contributed by atoms with Crippen molar-refractivity contribution >= 4 is 29.3 Å². The number of aromatic nitrogens is 3. The van der Waals surface area contributed by atoms with E-state index >= 15 is 0 Å². The van der Waals surface area contributed by atoms with E-state index < -0.39 is 0 Å². The number of carbonyl (C=O) groups is 1. The first-order chi connectivity index (χ1) is 15.4. The number of nitrogens with one attached hydrogen (secondary N) is 1. The summed E-state index contributed by atoms with van der Waals surface area (Å²) >= 11 is 7.87. The molecule has 5 nitrogen and oxygen atoms in total. The minimum absolute atomic E-state index is 0.219. The van der Waals surface area contributed by atoms with Gasteiger partial charge >= 0.3 is 0 Å². The Balaban J connectivity index is 1.85. The lowest BCUT2D eigenvalue weighted by molar-refractivity contribution is 0.0929. The van der Waals surface area contributed by atoms with Gasteiger partial charge in [0, 0.05) is 12.3 Å². The first-order valence-electron chi connectivity index (χ1n) is 10.7. The Hall–Kier alpha value is -2.57. The third kappa shape index (κ3) is 6.24. The van der Waals surface area contributed by atoms with Crippen LogP contribution >= 0.6 is 23.4 Å². The number of aryl methyl sites for hydroxylation is 1. The molecule has 0 spiro atoms. The molecule has 2 aromatic carbocycles. The fourth-order valence-corrected chi connectivity index (χ4v) is 4.51. The summed E-state index contributed by atoms with van der Waals surface area (Å²) in [6, 6.07) is 15.2. The van der Waals surface area contributed by atoms with Crippen LogP contribution in [0.5, 0.6) is 0 Å². The van der Waals surface area contributed by atoms with Crippen LogP contribution in [0, 0.1) is 12.8 Å². The Morgan fingerprint density at radius 3 is 2.56 bits per heavy atom. The Bertz CT molecular complexity index is 1060. The molecule has 3 rings (SSSR count). The fraction of sp³-hybridized carbons (Fsp3) is 0.320. The van der Waals surface area contributed by atoms with Gasteiger partial charge in [0.1, 0.15) is 0 Å². The third-order valence-electron chi connectivity index (χ3n) is 4.99. The summed E-state index contributed by atoms with van der Waals surface area (Å²) in [5.74, 6) is 1.65. The minimum Gasteiger partial charge on any atom is -0.342 e.